The molecule has 0 bridgehead atoms. The number of carbonyl (C=O) groups is 1. The van der Waals surface area contributed by atoms with Crippen molar-refractivity contribution in [3.63, 3.8) is 0 Å². The predicted molar refractivity (Wildman–Crippen MR) is 183 cm³/mol. The molecule has 50 heavy (non-hydrogen) atoms. The molecular formula is C35H32Cl2F3N3O6S. The topological polar surface area (TPSA) is 126 Å². The van der Waals surface area contributed by atoms with Crippen LogP contribution in [0.25, 0.3) is 0 Å². The molecule has 9 nitrogen and oxygen atoms in total. The predicted octanol–water partition coefficient (Wildman–Crippen LogP) is 6.72. The van der Waals surface area contributed by atoms with Gasteiger partial charge in [-0.2, -0.15) is 13.2 Å². The summed E-state index contributed by atoms with van der Waals surface area (Å²) in [5.74, 6) is -0.946. The second-order valence-electron chi connectivity index (χ2n) is 11.3. The number of aliphatic imine (C=N–C) groups is 1. The van der Waals surface area contributed by atoms with E-state index in [4.69, 9.17) is 42.8 Å². The molecule has 0 aromatic heterocycles. The fourth-order valence-electron chi connectivity index (χ4n) is 5.38. The van der Waals surface area contributed by atoms with Crippen molar-refractivity contribution in [2.45, 2.75) is 42.1 Å². The van der Waals surface area contributed by atoms with E-state index in [0.717, 1.165) is 6.07 Å². The van der Waals surface area contributed by atoms with Crippen molar-refractivity contribution in [2.75, 3.05) is 19.0 Å². The first kappa shape index (κ1) is 37.1. The fourth-order valence-corrected chi connectivity index (χ4v) is 7.27. The molecule has 4 aromatic rings. The van der Waals surface area contributed by atoms with Gasteiger partial charge in [-0.15, -0.1) is 0 Å². The van der Waals surface area contributed by atoms with Gasteiger partial charge in [0.05, 0.1) is 22.8 Å². The maximum atomic E-state index is 14.3. The molecule has 1 aliphatic rings. The van der Waals surface area contributed by atoms with Crippen LogP contribution in [0.4, 0.5) is 13.2 Å². The van der Waals surface area contributed by atoms with Gasteiger partial charge in [0.25, 0.3) is 5.91 Å². The highest BCUT2D eigenvalue weighted by molar-refractivity contribution is 7.91. The van der Waals surface area contributed by atoms with E-state index < -0.39 is 57.8 Å². The normalized spacial score (nSPS) is 17.6. The van der Waals surface area contributed by atoms with Crippen LogP contribution in [0.2, 0.25) is 10.0 Å². The minimum absolute atomic E-state index is 0.0161. The Labute approximate surface area is 296 Å². The molecule has 0 saturated carbocycles. The minimum Gasteiger partial charge on any atom is -0.494 e. The Kier molecular flexibility index (Phi) is 11.7. The Bertz CT molecular complexity index is 1950. The second-order valence-corrected chi connectivity index (χ2v) is 14.3. The van der Waals surface area contributed by atoms with E-state index in [0.29, 0.717) is 22.8 Å². The van der Waals surface area contributed by atoms with Gasteiger partial charge in [0.15, 0.2) is 21.5 Å². The third-order valence-corrected chi connectivity index (χ3v) is 10.2. The molecule has 15 heteroatoms. The number of halogens is 5. The molecule has 0 aliphatic carbocycles. The van der Waals surface area contributed by atoms with Crippen LogP contribution in [0.3, 0.4) is 0 Å². The lowest BCUT2D eigenvalue weighted by atomic mass is 9.85. The zero-order valence-electron chi connectivity index (χ0n) is 26.3. The van der Waals surface area contributed by atoms with Crippen molar-refractivity contribution in [1.82, 2.24) is 10.9 Å². The summed E-state index contributed by atoms with van der Waals surface area (Å²) < 4.78 is 80.0. The number of hydrogen-bond donors (Lipinski definition) is 3. The van der Waals surface area contributed by atoms with Crippen molar-refractivity contribution in [3.8, 4) is 5.75 Å². The van der Waals surface area contributed by atoms with E-state index in [-0.39, 0.29) is 40.2 Å². The quantitative estimate of drug-likeness (QED) is 0.0966. The first-order valence-electron chi connectivity index (χ1n) is 15.4. The molecule has 0 radical (unpaired) electrons. The maximum absolute atomic E-state index is 14.3. The molecule has 0 fully saturated rings. The lowest BCUT2D eigenvalue weighted by Gasteiger charge is -2.31. The Morgan fingerprint density at radius 1 is 0.980 bits per heavy atom. The van der Waals surface area contributed by atoms with Crippen molar-refractivity contribution in [2.24, 2.45) is 4.99 Å². The number of nitrogens with one attached hydrogen (secondary N) is 2. The summed E-state index contributed by atoms with van der Waals surface area (Å²) in [5.41, 5.74) is 2.70. The van der Waals surface area contributed by atoms with Gasteiger partial charge in [-0.25, -0.2) is 18.8 Å². The summed E-state index contributed by atoms with van der Waals surface area (Å²) in [4.78, 5) is 19.1. The van der Waals surface area contributed by atoms with Crippen molar-refractivity contribution < 1.29 is 41.0 Å². The molecule has 1 aliphatic heterocycles. The number of carbonyl (C=O) groups excluding carboxylic acids is 1. The number of ether oxygens (including phenoxy) is 2. The minimum atomic E-state index is -4.64. The molecule has 264 valence electrons. The molecule has 1 amide bonds. The average molecular weight is 751 g/mol. The van der Waals surface area contributed by atoms with E-state index in [1.807, 2.05) is 0 Å². The molecule has 0 unspecified atom stereocenters. The van der Waals surface area contributed by atoms with Crippen LogP contribution in [0.15, 0.2) is 107 Å². The SMILES string of the molecule is O=C(NNCc1ccccc1C(F)(F)F)[C@@]1(CCS(=O)(=O)c2ccccc2)N=C(c2ccc(OCCCO)cc2)O[C@H]1c1ccc(Cl)cc1Cl. The zero-order valence-corrected chi connectivity index (χ0v) is 28.6. The van der Waals surface area contributed by atoms with Crippen LogP contribution < -0.4 is 15.6 Å². The number of rotatable bonds is 14. The number of aliphatic hydroxyl groups excluding tert-OH is 1. The summed E-state index contributed by atoms with van der Waals surface area (Å²) in [7, 11) is -3.96. The van der Waals surface area contributed by atoms with E-state index >= 15 is 0 Å². The Hall–Kier alpha value is -4.14. The Balaban J connectivity index is 1.54. The number of benzene rings is 4. The highest BCUT2D eigenvalue weighted by Crippen LogP contribution is 2.45. The molecule has 4 aromatic carbocycles. The summed E-state index contributed by atoms with van der Waals surface area (Å²) in [5, 5.41) is 9.45. The number of hydrazine groups is 1. The van der Waals surface area contributed by atoms with Crippen molar-refractivity contribution in [3.05, 3.63) is 129 Å². The Morgan fingerprint density at radius 3 is 2.36 bits per heavy atom. The van der Waals surface area contributed by atoms with E-state index in [1.54, 1.807) is 42.5 Å². The van der Waals surface area contributed by atoms with Crippen LogP contribution >= 0.6 is 23.2 Å². The Morgan fingerprint density at radius 2 is 1.68 bits per heavy atom. The maximum Gasteiger partial charge on any atom is 0.416 e. The van der Waals surface area contributed by atoms with Gasteiger partial charge in [0, 0.05) is 47.2 Å². The summed E-state index contributed by atoms with van der Waals surface area (Å²) in [6, 6.07) is 23.6. The molecule has 2 atom stereocenters. The molecule has 5 rings (SSSR count). The third-order valence-electron chi connectivity index (χ3n) is 7.93. The number of aliphatic hydroxyl groups is 1. The zero-order chi connectivity index (χ0) is 35.9. The van der Waals surface area contributed by atoms with Gasteiger partial charge in [-0.05, 0) is 60.2 Å². The van der Waals surface area contributed by atoms with Gasteiger partial charge in [-0.1, -0.05) is 65.7 Å². The number of nitrogens with zero attached hydrogens (tertiary/aromatic N) is 1. The highest BCUT2D eigenvalue weighted by atomic mass is 35.5. The van der Waals surface area contributed by atoms with Crippen LogP contribution in [0.1, 0.15) is 41.2 Å². The largest absolute Gasteiger partial charge is 0.494 e. The molecule has 3 N–H and O–H groups in total. The third kappa shape index (κ3) is 8.59. The number of amides is 1. The van der Waals surface area contributed by atoms with Gasteiger partial charge >= 0.3 is 6.18 Å². The smallest absolute Gasteiger partial charge is 0.416 e. The molecular weight excluding hydrogens is 718 g/mol. The summed E-state index contributed by atoms with van der Waals surface area (Å²) >= 11 is 12.8. The van der Waals surface area contributed by atoms with Gasteiger partial charge in [0.1, 0.15) is 5.75 Å². The lowest BCUT2D eigenvalue weighted by Crippen LogP contribution is -2.53. The summed E-state index contributed by atoms with van der Waals surface area (Å²) in [6.07, 6.45) is -5.91. The molecule has 0 saturated heterocycles. The van der Waals surface area contributed by atoms with E-state index in [2.05, 4.69) is 10.9 Å². The summed E-state index contributed by atoms with van der Waals surface area (Å²) in [6.45, 7) is -0.170. The highest BCUT2D eigenvalue weighted by Gasteiger charge is 2.54. The average Bonchev–Trinajstić information content (AvgIpc) is 3.48. The second kappa shape index (κ2) is 15.8. The van der Waals surface area contributed by atoms with E-state index in [9.17, 15) is 26.4 Å². The fraction of sp³-hybridized carbons (Fsp3) is 0.257. The van der Waals surface area contributed by atoms with Gasteiger partial charge < -0.3 is 14.6 Å². The first-order chi connectivity index (χ1) is 23.8. The lowest BCUT2D eigenvalue weighted by molar-refractivity contribution is -0.138. The molecule has 0 spiro atoms. The van der Waals surface area contributed by atoms with Gasteiger partial charge in [0.2, 0.25) is 5.90 Å². The van der Waals surface area contributed by atoms with Crippen LogP contribution in [-0.4, -0.2) is 49.8 Å². The first-order valence-corrected chi connectivity index (χ1v) is 17.8. The van der Waals surface area contributed by atoms with E-state index in [1.165, 1.54) is 48.5 Å². The van der Waals surface area contributed by atoms with Crippen molar-refractivity contribution >= 4 is 44.8 Å². The molecule has 1 heterocycles. The number of sulfone groups is 1. The standard InChI is InChI=1S/C35H32Cl2F3N3O6S/c36-25-13-16-28(30(37)21-25)31-34(17-20-50(46,47)27-8-2-1-3-9-27,33(45)43-41-22-24-7-4-5-10-29(24)35(38,39)40)42-32(49-31)23-11-14-26(15-12-23)48-19-6-18-44/h1-5,7-16,21,31,41,44H,6,17-20,22H2,(H,43,45)/t31-,34-/m0/s1. The van der Waals surface area contributed by atoms with Crippen LogP contribution in [0, 0.1) is 0 Å². The van der Waals surface area contributed by atoms with Crippen molar-refractivity contribution in [1.29, 1.82) is 0 Å². The van der Waals surface area contributed by atoms with Crippen LogP contribution in [-0.2, 0) is 32.1 Å². The van der Waals surface area contributed by atoms with Gasteiger partial charge in [-0.3, -0.25) is 10.2 Å². The monoisotopic (exact) mass is 749 g/mol. The number of alkyl halides is 3. The van der Waals surface area contributed by atoms with Crippen LogP contribution in [0.5, 0.6) is 5.75 Å². The number of hydrogen-bond acceptors (Lipinski definition) is 8.